The minimum absolute atomic E-state index is 0.0376. The van der Waals surface area contributed by atoms with Gasteiger partial charge in [-0.05, 0) is 113 Å². The summed E-state index contributed by atoms with van der Waals surface area (Å²) in [7, 11) is -4.42. The average Bonchev–Trinajstić information content (AvgIpc) is 3.00. The molecule has 0 unspecified atom stereocenters. The number of phosphoric ester groups is 1. The van der Waals surface area contributed by atoms with Crippen molar-refractivity contribution >= 4 is 29.4 Å². The molecule has 0 aliphatic heterocycles. The lowest BCUT2D eigenvalue weighted by Gasteiger charge is -2.31. The Labute approximate surface area is 333 Å². The van der Waals surface area contributed by atoms with Gasteiger partial charge in [0.2, 0.25) is 0 Å². The normalized spacial score (nSPS) is 13.7. The van der Waals surface area contributed by atoms with Gasteiger partial charge in [-0.2, -0.15) is 4.57 Å². The van der Waals surface area contributed by atoms with Gasteiger partial charge in [-0.1, -0.05) is 167 Å². The number of phosphoric acid groups is 1. The highest BCUT2D eigenvalue weighted by Gasteiger charge is 2.38. The van der Waals surface area contributed by atoms with Gasteiger partial charge in [0.05, 0.1) is 0 Å². The first-order valence-electron chi connectivity index (χ1n) is 19.9. The summed E-state index contributed by atoms with van der Waals surface area (Å²) < 4.78 is 35.6. The van der Waals surface area contributed by atoms with Gasteiger partial charge in [0, 0.05) is 11.1 Å². The highest BCUT2D eigenvalue weighted by Crippen LogP contribution is 2.55. The minimum Gasteiger partial charge on any atom is -0.386 e. The van der Waals surface area contributed by atoms with Crippen LogP contribution >= 0.6 is 7.82 Å². The van der Waals surface area contributed by atoms with Crippen LogP contribution in [0.4, 0.5) is 0 Å². The summed E-state index contributed by atoms with van der Waals surface area (Å²) in [5, 5.41) is 4.37. The van der Waals surface area contributed by atoms with Crippen LogP contribution in [0, 0.1) is 0 Å². The Morgan fingerprint density at radius 2 is 0.727 bits per heavy atom. The summed E-state index contributed by atoms with van der Waals surface area (Å²) >= 11 is 0. The molecule has 5 aromatic carbocycles. The molecule has 0 saturated carbocycles. The van der Waals surface area contributed by atoms with Crippen molar-refractivity contribution in [2.24, 2.45) is 0 Å². The molecule has 0 aromatic heterocycles. The maximum atomic E-state index is 15.6. The highest BCUT2D eigenvalue weighted by molar-refractivity contribution is 7.49. The standard InChI is InChI=1S/C50H67O4P/c1-45(2,3)34-24-32-26-41(49(13,14)15)43(30-37(32)39(28-34)47(7,8)9)53-55(51,52-36-22-20-19-21-23-36)54-44-31-38-33(27-42(44)50(16,17)18)25-35(46(4,5)6)29-40(38)48(10,11)12/h19-31H,1-18H3. The number of hydrogen-bond acceptors (Lipinski definition) is 4. The molecular formula is C50H67O4P. The third-order valence-electron chi connectivity index (χ3n) is 10.5. The first-order chi connectivity index (χ1) is 24.9. The van der Waals surface area contributed by atoms with Gasteiger partial charge < -0.3 is 13.6 Å². The molecule has 4 nitrogen and oxygen atoms in total. The molecule has 5 heteroatoms. The van der Waals surface area contributed by atoms with Crippen LogP contribution in [0.3, 0.4) is 0 Å². The Bertz CT molecular complexity index is 2120. The summed E-state index contributed by atoms with van der Waals surface area (Å²) in [5.41, 5.74) is 5.69. The molecular weight excluding hydrogens is 696 g/mol. The SMILES string of the molecule is CC(C)(C)c1cc(C(C)(C)C)c2cc(OP(=O)(Oc3ccccc3)Oc3cc4c(C(C)(C)C)cc(C(C)(C)C)cc4cc3C(C)(C)C)c(C(C)(C)C)cc2c1. The Hall–Kier alpha value is -3.75. The van der Waals surface area contributed by atoms with Crippen LogP contribution in [0.2, 0.25) is 0 Å². The van der Waals surface area contributed by atoms with Crippen molar-refractivity contribution < 1.29 is 18.1 Å². The zero-order valence-electron chi connectivity index (χ0n) is 37.1. The van der Waals surface area contributed by atoms with Crippen molar-refractivity contribution in [3.63, 3.8) is 0 Å². The molecule has 0 heterocycles. The Balaban J connectivity index is 1.81. The molecule has 0 aliphatic rings. The third kappa shape index (κ3) is 9.45. The van der Waals surface area contributed by atoms with Crippen molar-refractivity contribution in [1.29, 1.82) is 0 Å². The monoisotopic (exact) mass is 762 g/mol. The minimum atomic E-state index is -4.42. The van der Waals surface area contributed by atoms with Gasteiger partial charge in [0.25, 0.3) is 0 Å². The van der Waals surface area contributed by atoms with E-state index >= 15 is 4.57 Å². The summed E-state index contributed by atoms with van der Waals surface area (Å²) in [5.74, 6) is 1.37. The van der Waals surface area contributed by atoms with E-state index in [-0.39, 0.29) is 32.5 Å². The smallest absolute Gasteiger partial charge is 0.386 e. The fraction of sp³-hybridized carbons (Fsp3) is 0.480. The van der Waals surface area contributed by atoms with Crippen molar-refractivity contribution in [3.05, 3.63) is 112 Å². The molecule has 0 saturated heterocycles. The first-order valence-corrected chi connectivity index (χ1v) is 21.3. The first kappa shape index (κ1) is 42.4. The molecule has 296 valence electrons. The van der Waals surface area contributed by atoms with E-state index in [1.807, 2.05) is 18.2 Å². The molecule has 0 spiro atoms. The van der Waals surface area contributed by atoms with Crippen molar-refractivity contribution in [3.8, 4) is 17.2 Å². The molecule has 0 bridgehead atoms. The van der Waals surface area contributed by atoms with Gasteiger partial charge in [-0.25, -0.2) is 0 Å². The van der Waals surface area contributed by atoms with Gasteiger partial charge >= 0.3 is 7.82 Å². The third-order valence-corrected chi connectivity index (χ3v) is 11.7. The lowest BCUT2D eigenvalue weighted by molar-refractivity contribution is 0.293. The van der Waals surface area contributed by atoms with E-state index in [0.29, 0.717) is 17.2 Å². The second-order valence-corrected chi connectivity index (χ2v) is 23.2. The molecule has 5 rings (SSSR count). The maximum Gasteiger partial charge on any atom is 0.647 e. The van der Waals surface area contributed by atoms with Crippen molar-refractivity contribution in [2.45, 2.75) is 157 Å². The average molecular weight is 763 g/mol. The number of para-hydroxylation sites is 1. The largest absolute Gasteiger partial charge is 0.647 e. The summed E-state index contributed by atoms with van der Waals surface area (Å²) in [6.45, 7) is 39.9. The van der Waals surface area contributed by atoms with E-state index in [1.165, 1.54) is 22.3 Å². The zero-order chi connectivity index (χ0) is 41.3. The van der Waals surface area contributed by atoms with Crippen LogP contribution in [-0.4, -0.2) is 0 Å². The fourth-order valence-corrected chi connectivity index (χ4v) is 8.40. The van der Waals surface area contributed by atoms with Crippen LogP contribution in [0.5, 0.6) is 17.2 Å². The Morgan fingerprint density at radius 3 is 1.04 bits per heavy atom. The van der Waals surface area contributed by atoms with Crippen LogP contribution < -0.4 is 13.6 Å². The summed E-state index contributed by atoms with van der Waals surface area (Å²) in [4.78, 5) is 0. The molecule has 0 radical (unpaired) electrons. The van der Waals surface area contributed by atoms with Gasteiger partial charge in [0.1, 0.15) is 17.2 Å². The molecule has 0 fully saturated rings. The number of rotatable bonds is 6. The molecule has 0 atom stereocenters. The van der Waals surface area contributed by atoms with Crippen LogP contribution in [0.15, 0.2) is 78.9 Å². The summed E-state index contributed by atoms with van der Waals surface area (Å²) in [6.07, 6.45) is 0. The lowest BCUT2D eigenvalue weighted by Crippen LogP contribution is -2.19. The van der Waals surface area contributed by atoms with Gasteiger partial charge in [0.15, 0.2) is 0 Å². The Morgan fingerprint density at radius 1 is 0.382 bits per heavy atom. The van der Waals surface area contributed by atoms with Crippen LogP contribution in [-0.2, 0) is 37.1 Å². The molecule has 5 aromatic rings. The van der Waals surface area contributed by atoms with E-state index in [1.54, 1.807) is 12.1 Å². The maximum absolute atomic E-state index is 15.6. The van der Waals surface area contributed by atoms with Crippen LogP contribution in [0.1, 0.15) is 158 Å². The number of fused-ring (bicyclic) bond motifs is 2. The highest BCUT2D eigenvalue weighted by atomic mass is 31.2. The van der Waals surface area contributed by atoms with Gasteiger partial charge in [-0.3, -0.25) is 0 Å². The van der Waals surface area contributed by atoms with E-state index in [0.717, 1.165) is 32.7 Å². The quantitative estimate of drug-likeness (QED) is 0.162. The fourth-order valence-electron chi connectivity index (χ4n) is 7.12. The molecule has 0 N–H and O–H groups in total. The van der Waals surface area contributed by atoms with Gasteiger partial charge in [-0.15, -0.1) is 0 Å². The van der Waals surface area contributed by atoms with Crippen molar-refractivity contribution in [2.75, 3.05) is 0 Å². The predicted molar refractivity (Wildman–Crippen MR) is 236 cm³/mol. The number of hydrogen-bond donors (Lipinski definition) is 0. The zero-order valence-corrected chi connectivity index (χ0v) is 38.0. The van der Waals surface area contributed by atoms with Crippen molar-refractivity contribution in [1.82, 2.24) is 0 Å². The predicted octanol–water partition coefficient (Wildman–Crippen LogP) is 15.4. The lowest BCUT2D eigenvalue weighted by atomic mass is 9.76. The molecule has 0 amide bonds. The van der Waals surface area contributed by atoms with E-state index < -0.39 is 7.82 Å². The second-order valence-electron chi connectivity index (χ2n) is 21.7. The van der Waals surface area contributed by atoms with E-state index in [9.17, 15) is 0 Å². The molecule has 0 aliphatic carbocycles. The van der Waals surface area contributed by atoms with Crippen LogP contribution in [0.25, 0.3) is 21.5 Å². The summed E-state index contributed by atoms with van der Waals surface area (Å²) in [6, 6.07) is 27.0. The molecule has 55 heavy (non-hydrogen) atoms. The van der Waals surface area contributed by atoms with E-state index in [4.69, 9.17) is 13.6 Å². The topological polar surface area (TPSA) is 44.8 Å². The Kier molecular flexibility index (Phi) is 10.8. The second kappa shape index (κ2) is 14.0. The van der Waals surface area contributed by atoms with E-state index in [2.05, 4.69) is 173 Å². The number of benzene rings is 5.